The van der Waals surface area contributed by atoms with E-state index < -0.39 is 5.97 Å². The Morgan fingerprint density at radius 2 is 1.88 bits per heavy atom. The van der Waals surface area contributed by atoms with Gasteiger partial charge in [0.2, 0.25) is 0 Å². The van der Waals surface area contributed by atoms with E-state index in [0.29, 0.717) is 22.4 Å². The van der Waals surface area contributed by atoms with Crippen molar-refractivity contribution in [2.45, 2.75) is 13.8 Å². The molecule has 0 saturated carbocycles. The molecule has 0 spiro atoms. The number of benzene rings is 2. The molecule has 5 heteroatoms. The Morgan fingerprint density at radius 3 is 2.60 bits per heavy atom. The van der Waals surface area contributed by atoms with Crippen LogP contribution in [0.2, 0.25) is 0 Å². The van der Waals surface area contributed by atoms with Gasteiger partial charge in [0.25, 0.3) is 0 Å². The molecule has 0 fully saturated rings. The Hall–Kier alpha value is -2.66. The fraction of sp³-hybridized carbons (Fsp3) is 0.100. The summed E-state index contributed by atoms with van der Waals surface area (Å²) in [6.45, 7) is 3.88. The molecule has 0 atom stereocenters. The molecule has 0 radical (unpaired) electrons. The molecule has 124 valence electrons. The van der Waals surface area contributed by atoms with E-state index >= 15 is 0 Å². The van der Waals surface area contributed by atoms with Crippen LogP contribution in [-0.2, 0) is 0 Å². The summed E-state index contributed by atoms with van der Waals surface area (Å²) in [5.74, 6) is -0.382. The number of rotatable bonds is 2. The summed E-state index contributed by atoms with van der Waals surface area (Å²) in [5.41, 5.74) is 4.03. The summed E-state index contributed by atoms with van der Waals surface area (Å²) in [5, 5.41) is 11.3. The van der Waals surface area contributed by atoms with Gasteiger partial charge in [-0.2, -0.15) is 0 Å². The van der Waals surface area contributed by atoms with E-state index in [-0.39, 0.29) is 5.56 Å². The highest BCUT2D eigenvalue weighted by atomic mass is 79.9. The van der Waals surface area contributed by atoms with Crippen molar-refractivity contribution in [2.24, 2.45) is 0 Å². The van der Waals surface area contributed by atoms with Gasteiger partial charge < -0.3 is 9.52 Å². The zero-order valence-corrected chi connectivity index (χ0v) is 15.2. The highest BCUT2D eigenvalue weighted by Gasteiger charge is 2.19. The van der Waals surface area contributed by atoms with Gasteiger partial charge in [0.1, 0.15) is 11.3 Å². The molecule has 1 N–H and O–H groups in total. The molecular weight excluding hydrogens is 382 g/mol. The third-order valence-electron chi connectivity index (χ3n) is 4.38. The molecule has 2 aromatic carbocycles. The quantitative estimate of drug-likeness (QED) is 0.470. The Balaban J connectivity index is 2.08. The van der Waals surface area contributed by atoms with Gasteiger partial charge >= 0.3 is 5.97 Å². The van der Waals surface area contributed by atoms with Crippen molar-refractivity contribution in [3.05, 3.63) is 63.6 Å². The first-order chi connectivity index (χ1) is 12.0. The first-order valence-corrected chi connectivity index (χ1v) is 8.57. The Bertz CT molecular complexity index is 1160. The minimum atomic E-state index is -0.986. The third-order valence-corrected chi connectivity index (χ3v) is 4.83. The summed E-state index contributed by atoms with van der Waals surface area (Å²) in [6, 6.07) is 13.0. The SMILES string of the molecule is Cc1c(-c2cc(C(=O)O)c3cc(Br)cc(C)c3n2)oc2ccccc12. The van der Waals surface area contributed by atoms with E-state index in [0.717, 1.165) is 26.6 Å². The van der Waals surface area contributed by atoms with Crippen LogP contribution in [0.25, 0.3) is 33.3 Å². The predicted octanol–water partition coefficient (Wildman–Crippen LogP) is 5.73. The average molecular weight is 396 g/mol. The lowest BCUT2D eigenvalue weighted by molar-refractivity contribution is 0.0699. The summed E-state index contributed by atoms with van der Waals surface area (Å²) in [7, 11) is 0. The number of furan rings is 1. The number of carboxylic acid groups (broad SMARTS) is 1. The second-order valence-electron chi connectivity index (χ2n) is 6.03. The van der Waals surface area contributed by atoms with Gasteiger partial charge in [-0.25, -0.2) is 9.78 Å². The van der Waals surface area contributed by atoms with Crippen LogP contribution in [0.5, 0.6) is 0 Å². The largest absolute Gasteiger partial charge is 0.478 e. The van der Waals surface area contributed by atoms with Gasteiger partial charge in [-0.05, 0) is 43.7 Å². The Morgan fingerprint density at radius 1 is 1.12 bits per heavy atom. The van der Waals surface area contributed by atoms with Crippen molar-refractivity contribution in [3.8, 4) is 11.5 Å². The van der Waals surface area contributed by atoms with Crippen LogP contribution >= 0.6 is 15.9 Å². The topological polar surface area (TPSA) is 63.3 Å². The van der Waals surface area contributed by atoms with E-state index in [1.165, 1.54) is 0 Å². The maximum atomic E-state index is 11.8. The molecular formula is C20H14BrNO3. The van der Waals surface area contributed by atoms with E-state index in [1.807, 2.05) is 44.2 Å². The second-order valence-corrected chi connectivity index (χ2v) is 6.95. The summed E-state index contributed by atoms with van der Waals surface area (Å²) in [4.78, 5) is 16.5. The summed E-state index contributed by atoms with van der Waals surface area (Å²) < 4.78 is 6.80. The molecule has 4 nitrogen and oxygen atoms in total. The summed E-state index contributed by atoms with van der Waals surface area (Å²) in [6.07, 6.45) is 0. The number of halogens is 1. The molecule has 4 aromatic rings. The van der Waals surface area contributed by atoms with Gasteiger partial charge in [-0.3, -0.25) is 0 Å². The summed E-state index contributed by atoms with van der Waals surface area (Å²) >= 11 is 3.43. The lowest BCUT2D eigenvalue weighted by Crippen LogP contribution is -2.01. The molecule has 2 aromatic heterocycles. The first-order valence-electron chi connectivity index (χ1n) is 7.78. The number of hydrogen-bond donors (Lipinski definition) is 1. The van der Waals surface area contributed by atoms with Gasteiger partial charge in [0.05, 0.1) is 11.1 Å². The van der Waals surface area contributed by atoms with E-state index in [1.54, 1.807) is 12.1 Å². The molecule has 0 unspecified atom stereocenters. The van der Waals surface area contributed by atoms with Crippen molar-refractivity contribution in [3.63, 3.8) is 0 Å². The van der Waals surface area contributed by atoms with Crippen molar-refractivity contribution >= 4 is 43.8 Å². The van der Waals surface area contributed by atoms with Crippen LogP contribution in [0.15, 0.2) is 51.4 Å². The highest BCUT2D eigenvalue weighted by molar-refractivity contribution is 9.10. The van der Waals surface area contributed by atoms with Crippen LogP contribution in [-0.4, -0.2) is 16.1 Å². The molecule has 2 heterocycles. The number of fused-ring (bicyclic) bond motifs is 2. The van der Waals surface area contributed by atoms with Crippen molar-refractivity contribution in [1.29, 1.82) is 0 Å². The fourth-order valence-corrected chi connectivity index (χ4v) is 3.74. The Labute approximate surface area is 152 Å². The van der Waals surface area contributed by atoms with Crippen LogP contribution in [0, 0.1) is 13.8 Å². The number of aromatic carboxylic acids is 1. The van der Waals surface area contributed by atoms with E-state index in [9.17, 15) is 9.90 Å². The highest BCUT2D eigenvalue weighted by Crippen LogP contribution is 2.35. The number of carbonyl (C=O) groups is 1. The Kier molecular flexibility index (Phi) is 3.62. The molecule has 4 rings (SSSR count). The maximum Gasteiger partial charge on any atom is 0.336 e. The van der Waals surface area contributed by atoms with Crippen LogP contribution in [0.3, 0.4) is 0 Å². The number of aromatic nitrogens is 1. The van der Waals surface area contributed by atoms with Crippen molar-refractivity contribution in [2.75, 3.05) is 0 Å². The molecule has 0 aliphatic carbocycles. The monoisotopic (exact) mass is 395 g/mol. The van der Waals surface area contributed by atoms with Crippen LogP contribution in [0.1, 0.15) is 21.5 Å². The lowest BCUT2D eigenvalue weighted by Gasteiger charge is -2.09. The number of hydrogen-bond acceptors (Lipinski definition) is 3. The zero-order chi connectivity index (χ0) is 17.7. The molecule has 0 amide bonds. The fourth-order valence-electron chi connectivity index (χ4n) is 3.17. The van der Waals surface area contributed by atoms with E-state index in [2.05, 4.69) is 15.9 Å². The van der Waals surface area contributed by atoms with Gasteiger partial charge in [-0.1, -0.05) is 34.1 Å². The number of carboxylic acids is 1. The second kappa shape index (κ2) is 5.70. The molecule has 0 aliphatic rings. The molecule has 0 bridgehead atoms. The molecule has 0 aliphatic heterocycles. The van der Waals surface area contributed by atoms with Gasteiger partial charge in [0.15, 0.2) is 5.76 Å². The smallest absolute Gasteiger partial charge is 0.336 e. The number of nitrogens with zero attached hydrogens (tertiary/aromatic N) is 1. The first kappa shape index (κ1) is 15.8. The minimum Gasteiger partial charge on any atom is -0.478 e. The van der Waals surface area contributed by atoms with Crippen molar-refractivity contribution in [1.82, 2.24) is 4.98 Å². The minimum absolute atomic E-state index is 0.212. The number of para-hydroxylation sites is 1. The van der Waals surface area contributed by atoms with Crippen LogP contribution in [0.4, 0.5) is 0 Å². The number of aryl methyl sites for hydroxylation is 2. The third kappa shape index (κ3) is 2.51. The molecule has 25 heavy (non-hydrogen) atoms. The average Bonchev–Trinajstić information content (AvgIpc) is 2.91. The standard InChI is InChI=1S/C20H14BrNO3/c1-10-7-12(21)8-14-15(20(23)24)9-16(22-18(10)14)19-11(2)13-5-3-4-6-17(13)25-19/h3-9H,1-2H3,(H,23,24). The van der Waals surface area contributed by atoms with Gasteiger partial charge in [-0.15, -0.1) is 0 Å². The van der Waals surface area contributed by atoms with Crippen molar-refractivity contribution < 1.29 is 14.3 Å². The van der Waals surface area contributed by atoms with E-state index in [4.69, 9.17) is 9.40 Å². The maximum absolute atomic E-state index is 11.8. The normalized spacial score (nSPS) is 11.3. The molecule has 0 saturated heterocycles. The number of pyridine rings is 1. The predicted molar refractivity (Wildman–Crippen MR) is 101 cm³/mol. The van der Waals surface area contributed by atoms with Crippen LogP contribution < -0.4 is 0 Å². The zero-order valence-electron chi connectivity index (χ0n) is 13.6. The lowest BCUT2D eigenvalue weighted by atomic mass is 10.0. The van der Waals surface area contributed by atoms with Gasteiger partial charge in [0, 0.05) is 20.8 Å².